The van der Waals surface area contributed by atoms with Crippen LogP contribution in [0.4, 0.5) is 10.5 Å². The number of hydrogen-bond donors (Lipinski definition) is 2. The van der Waals surface area contributed by atoms with E-state index >= 15 is 0 Å². The Kier molecular flexibility index (Phi) is 5.19. The van der Waals surface area contributed by atoms with Gasteiger partial charge in [0.2, 0.25) is 0 Å². The van der Waals surface area contributed by atoms with Crippen LogP contribution >= 0.6 is 15.9 Å². The van der Waals surface area contributed by atoms with E-state index in [1.807, 2.05) is 55.5 Å². The number of rotatable bonds is 5. The summed E-state index contributed by atoms with van der Waals surface area (Å²) in [5.41, 5.74) is 3.13. The number of halogens is 1. The molecule has 6 heteroatoms. The van der Waals surface area contributed by atoms with E-state index in [1.54, 1.807) is 0 Å². The van der Waals surface area contributed by atoms with Crippen molar-refractivity contribution in [1.29, 1.82) is 0 Å². The maximum absolute atomic E-state index is 11.2. The van der Waals surface area contributed by atoms with Crippen LogP contribution in [0, 0.1) is 0 Å². The molecule has 3 rings (SSSR count). The number of carbonyl (C=O) groups is 1. The van der Waals surface area contributed by atoms with Crippen LogP contribution in [0.3, 0.4) is 0 Å². The van der Waals surface area contributed by atoms with Crippen LogP contribution in [-0.4, -0.2) is 16.2 Å². The van der Waals surface area contributed by atoms with Crippen LogP contribution in [0.25, 0.3) is 10.9 Å². The van der Waals surface area contributed by atoms with E-state index in [0.717, 1.165) is 20.9 Å². The first-order chi connectivity index (χ1) is 12.1. The molecule has 0 radical (unpaired) electrons. The van der Waals surface area contributed by atoms with Gasteiger partial charge in [-0.15, -0.1) is 0 Å². The van der Waals surface area contributed by atoms with E-state index in [1.165, 1.54) is 0 Å². The van der Waals surface area contributed by atoms with Crippen molar-refractivity contribution in [3.63, 3.8) is 0 Å². The summed E-state index contributed by atoms with van der Waals surface area (Å²) in [6.45, 7) is 2.46. The first kappa shape index (κ1) is 17.2. The van der Waals surface area contributed by atoms with Crippen molar-refractivity contribution in [3.8, 4) is 5.75 Å². The molecule has 3 aromatic rings. The average Bonchev–Trinajstić information content (AvgIpc) is 2.61. The first-order valence-corrected chi connectivity index (χ1v) is 8.68. The smallest absolute Gasteiger partial charge is 0.449 e. The number of anilines is 1. The molecular formula is C19H17BrN2O3. The second-order valence-corrected chi connectivity index (χ2v) is 6.40. The SMILES string of the molecule is CCc1nc2ccccc2c(NCc2ccc(Br)cc2)c1OC(=O)O. The lowest BCUT2D eigenvalue weighted by Gasteiger charge is -2.16. The Morgan fingerprint density at radius 2 is 1.92 bits per heavy atom. The molecule has 1 aromatic heterocycles. The molecule has 128 valence electrons. The van der Waals surface area contributed by atoms with Crippen LogP contribution in [-0.2, 0) is 13.0 Å². The Labute approximate surface area is 153 Å². The number of aryl methyl sites for hydroxylation is 1. The van der Waals surface area contributed by atoms with E-state index in [9.17, 15) is 4.79 Å². The van der Waals surface area contributed by atoms with Crippen LogP contribution in [0.2, 0.25) is 0 Å². The van der Waals surface area contributed by atoms with Crippen molar-refractivity contribution in [2.45, 2.75) is 19.9 Å². The molecule has 0 unspecified atom stereocenters. The van der Waals surface area contributed by atoms with Gasteiger partial charge in [-0.3, -0.25) is 0 Å². The molecule has 25 heavy (non-hydrogen) atoms. The first-order valence-electron chi connectivity index (χ1n) is 7.89. The predicted octanol–water partition coefficient (Wildman–Crippen LogP) is 5.23. The van der Waals surface area contributed by atoms with Crippen molar-refractivity contribution in [1.82, 2.24) is 4.98 Å². The molecule has 0 fully saturated rings. The number of aromatic nitrogens is 1. The molecular weight excluding hydrogens is 384 g/mol. The number of para-hydroxylation sites is 1. The molecule has 2 aromatic carbocycles. The van der Waals surface area contributed by atoms with Gasteiger partial charge < -0.3 is 15.2 Å². The Hall–Kier alpha value is -2.60. The standard InChI is InChI=1S/C19H17BrN2O3/c1-2-15-18(25-19(23)24)17(14-5-3-4-6-16(14)22-15)21-11-12-7-9-13(20)10-8-12/h3-10H,2,11H2,1H3,(H,21,22)(H,23,24). The molecule has 2 N–H and O–H groups in total. The zero-order chi connectivity index (χ0) is 17.8. The third-order valence-corrected chi connectivity index (χ3v) is 4.35. The molecule has 0 aliphatic rings. The molecule has 1 heterocycles. The highest BCUT2D eigenvalue weighted by Crippen LogP contribution is 2.36. The fraction of sp³-hybridized carbons (Fsp3) is 0.158. The molecule has 0 bridgehead atoms. The number of benzene rings is 2. The molecule has 0 saturated carbocycles. The van der Waals surface area contributed by atoms with Crippen molar-refractivity contribution < 1.29 is 14.6 Å². The quantitative estimate of drug-likeness (QED) is 0.573. The summed E-state index contributed by atoms with van der Waals surface area (Å²) in [5, 5.41) is 13.3. The normalized spacial score (nSPS) is 10.6. The minimum absolute atomic E-state index is 0.269. The Morgan fingerprint density at radius 3 is 2.60 bits per heavy atom. The van der Waals surface area contributed by atoms with E-state index in [4.69, 9.17) is 9.84 Å². The van der Waals surface area contributed by atoms with Gasteiger partial charge in [-0.1, -0.05) is 53.2 Å². The van der Waals surface area contributed by atoms with Gasteiger partial charge in [-0.25, -0.2) is 9.78 Å². The number of fused-ring (bicyclic) bond motifs is 1. The van der Waals surface area contributed by atoms with Crippen LogP contribution in [0.1, 0.15) is 18.2 Å². The van der Waals surface area contributed by atoms with Crippen LogP contribution < -0.4 is 10.1 Å². The lowest BCUT2D eigenvalue weighted by Crippen LogP contribution is -2.11. The Bertz CT molecular complexity index is 910. The molecule has 0 amide bonds. The van der Waals surface area contributed by atoms with E-state index in [-0.39, 0.29) is 5.75 Å². The van der Waals surface area contributed by atoms with Gasteiger partial charge >= 0.3 is 6.16 Å². The van der Waals surface area contributed by atoms with Crippen molar-refractivity contribution in [3.05, 3.63) is 64.3 Å². The Balaban J connectivity index is 2.05. The summed E-state index contributed by atoms with van der Waals surface area (Å²) in [6, 6.07) is 15.5. The largest absolute Gasteiger partial charge is 0.511 e. The van der Waals surface area contributed by atoms with Gasteiger partial charge in [-0.05, 0) is 30.2 Å². The lowest BCUT2D eigenvalue weighted by atomic mass is 10.1. The number of ether oxygens (including phenoxy) is 1. The molecule has 0 atom stereocenters. The number of nitrogens with zero attached hydrogens (tertiary/aromatic N) is 1. The molecule has 0 aliphatic heterocycles. The maximum Gasteiger partial charge on any atom is 0.511 e. The monoisotopic (exact) mass is 400 g/mol. The number of pyridine rings is 1. The zero-order valence-corrected chi connectivity index (χ0v) is 15.2. The maximum atomic E-state index is 11.2. The van der Waals surface area contributed by atoms with Gasteiger partial charge in [0.25, 0.3) is 0 Å². The number of nitrogens with one attached hydrogen (secondary N) is 1. The number of hydrogen-bond acceptors (Lipinski definition) is 4. The minimum Gasteiger partial charge on any atom is -0.449 e. The zero-order valence-electron chi connectivity index (χ0n) is 13.6. The predicted molar refractivity (Wildman–Crippen MR) is 101 cm³/mol. The molecule has 0 saturated heterocycles. The second kappa shape index (κ2) is 7.53. The summed E-state index contributed by atoms with van der Waals surface area (Å²) in [6.07, 6.45) is -0.779. The van der Waals surface area contributed by atoms with Gasteiger partial charge in [0.1, 0.15) is 0 Å². The summed E-state index contributed by atoms with van der Waals surface area (Å²) < 4.78 is 6.08. The molecule has 0 aliphatic carbocycles. The van der Waals surface area contributed by atoms with Crippen molar-refractivity contribution in [2.24, 2.45) is 0 Å². The highest BCUT2D eigenvalue weighted by atomic mass is 79.9. The summed E-state index contributed by atoms with van der Waals surface area (Å²) in [5.74, 6) is 0.269. The molecule has 0 spiro atoms. The van der Waals surface area contributed by atoms with E-state index < -0.39 is 6.16 Å². The van der Waals surface area contributed by atoms with Crippen LogP contribution in [0.15, 0.2) is 53.0 Å². The van der Waals surface area contributed by atoms with E-state index in [0.29, 0.717) is 24.3 Å². The van der Waals surface area contributed by atoms with Crippen LogP contribution in [0.5, 0.6) is 5.75 Å². The molecule has 5 nitrogen and oxygen atoms in total. The summed E-state index contributed by atoms with van der Waals surface area (Å²) in [7, 11) is 0. The lowest BCUT2D eigenvalue weighted by molar-refractivity contribution is 0.144. The number of carboxylic acid groups (broad SMARTS) is 1. The third kappa shape index (κ3) is 3.91. The second-order valence-electron chi connectivity index (χ2n) is 5.48. The Morgan fingerprint density at radius 1 is 1.20 bits per heavy atom. The van der Waals surface area contributed by atoms with Gasteiger partial charge in [0.15, 0.2) is 5.75 Å². The van der Waals surface area contributed by atoms with E-state index in [2.05, 4.69) is 26.2 Å². The fourth-order valence-corrected chi connectivity index (χ4v) is 2.91. The van der Waals surface area contributed by atoms with Crippen molar-refractivity contribution >= 4 is 38.7 Å². The third-order valence-electron chi connectivity index (χ3n) is 3.82. The van der Waals surface area contributed by atoms with Gasteiger partial charge in [0.05, 0.1) is 16.9 Å². The van der Waals surface area contributed by atoms with Gasteiger partial charge in [-0.2, -0.15) is 0 Å². The summed E-state index contributed by atoms with van der Waals surface area (Å²) in [4.78, 5) is 15.7. The average molecular weight is 401 g/mol. The topological polar surface area (TPSA) is 71.5 Å². The highest BCUT2D eigenvalue weighted by molar-refractivity contribution is 9.10. The van der Waals surface area contributed by atoms with Gasteiger partial charge in [0, 0.05) is 16.4 Å². The minimum atomic E-state index is -1.35. The fourth-order valence-electron chi connectivity index (χ4n) is 2.65. The summed E-state index contributed by atoms with van der Waals surface area (Å²) >= 11 is 3.42. The highest BCUT2D eigenvalue weighted by Gasteiger charge is 2.18. The van der Waals surface area contributed by atoms with Crippen molar-refractivity contribution in [2.75, 3.05) is 5.32 Å².